The zero-order valence-electron chi connectivity index (χ0n) is 2.78. The quantitative estimate of drug-likeness (QED) is 0.355. The van der Waals surface area contributed by atoms with Gasteiger partial charge in [-0.15, -0.1) is 10.1 Å². The molecule has 0 aromatic carbocycles. The molecule has 0 unspecified atom stereocenters. The third-order valence-electron chi connectivity index (χ3n) is 0. The van der Waals surface area contributed by atoms with Crippen LogP contribution in [-0.4, -0.2) is 10.3 Å². The molecular weight excluding hydrogens is 328 g/mol. The molecule has 4 nitrogen and oxygen atoms in total. The van der Waals surface area contributed by atoms with Crippen LogP contribution in [0, 0.1) is 10.1 Å². The van der Waals surface area contributed by atoms with E-state index >= 15 is 0 Å². The van der Waals surface area contributed by atoms with Crippen molar-refractivity contribution in [1.29, 1.82) is 0 Å². The Balaban J connectivity index is -0.0000000150. The van der Waals surface area contributed by atoms with Gasteiger partial charge in [-0.05, 0) is 0 Å². The van der Waals surface area contributed by atoms with Gasteiger partial charge in [0, 0.05) is 0 Å². The molecule has 0 aliphatic rings. The summed E-state index contributed by atoms with van der Waals surface area (Å²) in [5, 5.41) is 13.6. The summed E-state index contributed by atoms with van der Waals surface area (Å²) in [4.78, 5) is 8.36. The van der Waals surface area contributed by atoms with E-state index in [9.17, 15) is 0 Å². The maximum absolute atomic E-state index is 8.36. The Labute approximate surface area is 66.5 Å². The van der Waals surface area contributed by atoms with Gasteiger partial charge in [-0.25, -0.2) is 0 Å². The first-order valence-corrected chi connectivity index (χ1v) is 0.565. The zero-order valence-corrected chi connectivity index (χ0v) is 6.57. The van der Waals surface area contributed by atoms with E-state index in [0.717, 1.165) is 0 Å². The number of hydrogen-bond acceptors (Lipinski definition) is 2. The van der Waals surface area contributed by atoms with Crippen molar-refractivity contribution < 1.29 is 56.2 Å². The molecule has 0 saturated carbocycles. The number of halogens is 2. The minimum Gasteiger partial charge on any atom is -1.00 e. The number of rotatable bonds is 0. The van der Waals surface area contributed by atoms with Gasteiger partial charge in [-0.1, -0.05) is 0 Å². The first-order chi connectivity index (χ1) is 1.73. The summed E-state index contributed by atoms with van der Waals surface area (Å²) in [6.07, 6.45) is 0. The van der Waals surface area contributed by atoms with Gasteiger partial charge in [0.2, 0.25) is 0 Å². The van der Waals surface area contributed by atoms with Crippen molar-refractivity contribution in [2.45, 2.75) is 0 Å². The molecule has 7 heavy (non-hydrogen) atoms. The minimum atomic E-state index is -1.50. The molecule has 0 atom stereocenters. The molecule has 0 aromatic rings. The molecule has 0 fully saturated rings. The molecule has 7 heteroatoms. The predicted octanol–water partition coefficient (Wildman–Crippen LogP) is -6.34. The van der Waals surface area contributed by atoms with Crippen LogP contribution in [0.4, 0.5) is 0 Å². The summed E-state index contributed by atoms with van der Waals surface area (Å²) in [6, 6.07) is 0. The number of hydrogen-bond donors (Lipinski definition) is 1. The zero-order chi connectivity index (χ0) is 3.58. The molecule has 0 rings (SSSR count). The molecule has 0 saturated heterocycles. The molecule has 48 valence electrons. The van der Waals surface area contributed by atoms with Gasteiger partial charge >= 0.3 is 21.1 Å². The second-order valence-corrected chi connectivity index (χ2v) is 0.238. The van der Waals surface area contributed by atoms with Crippen molar-refractivity contribution in [2.75, 3.05) is 0 Å². The van der Waals surface area contributed by atoms with Crippen LogP contribution in [0.15, 0.2) is 0 Å². The van der Waals surface area contributed by atoms with E-state index in [0.29, 0.717) is 0 Å². The largest absolute Gasteiger partial charge is 2.00 e. The molecule has 0 amide bonds. The summed E-state index contributed by atoms with van der Waals surface area (Å²) in [5.41, 5.74) is 0. The van der Waals surface area contributed by atoms with Crippen LogP contribution >= 0.6 is 0 Å². The molecule has 0 aliphatic heterocycles. The van der Waals surface area contributed by atoms with Gasteiger partial charge < -0.3 is 30.0 Å². The van der Waals surface area contributed by atoms with Crippen LogP contribution in [-0.2, 0) is 21.1 Å². The van der Waals surface area contributed by atoms with Crippen molar-refractivity contribution in [1.82, 2.24) is 0 Å². The standard InChI is InChI=1S/2ClH.HNO3.Pt/c;;2-1(3)4;/h2*1H;(H,2,3,4);/q;;;+2/p-2. The number of nitrogens with zero attached hydrogens (tertiary/aromatic N) is 1. The van der Waals surface area contributed by atoms with E-state index in [1.807, 2.05) is 0 Å². The van der Waals surface area contributed by atoms with Gasteiger partial charge in [-0.3, -0.25) is 0 Å². The summed E-state index contributed by atoms with van der Waals surface area (Å²) >= 11 is 0. The van der Waals surface area contributed by atoms with E-state index in [1.165, 1.54) is 0 Å². The third-order valence-corrected chi connectivity index (χ3v) is 0. The summed E-state index contributed by atoms with van der Waals surface area (Å²) in [7, 11) is 0. The van der Waals surface area contributed by atoms with Crippen LogP contribution in [0.25, 0.3) is 0 Å². The average molecular weight is 329 g/mol. The van der Waals surface area contributed by atoms with E-state index in [-0.39, 0.29) is 45.9 Å². The second kappa shape index (κ2) is 16.1. The van der Waals surface area contributed by atoms with Gasteiger partial charge in [0.15, 0.2) is 0 Å². The van der Waals surface area contributed by atoms with Crippen LogP contribution in [0.5, 0.6) is 0 Å². The Bertz CT molecular complexity index is 35.9. The van der Waals surface area contributed by atoms with Crippen molar-refractivity contribution in [3.8, 4) is 0 Å². The SMILES string of the molecule is O=[N+]([O-])O.[Cl-].[Cl-].[Pt+2]. The molecular formula is HCl2NO3Pt. The Morgan fingerprint density at radius 2 is 1.43 bits per heavy atom. The van der Waals surface area contributed by atoms with Crippen molar-refractivity contribution in [2.24, 2.45) is 0 Å². The summed E-state index contributed by atoms with van der Waals surface area (Å²) in [5.74, 6) is 0. The fourth-order valence-electron chi connectivity index (χ4n) is 0. The molecule has 0 heterocycles. The third kappa shape index (κ3) is 589. The van der Waals surface area contributed by atoms with Gasteiger partial charge in [0.25, 0.3) is 5.09 Å². The first-order valence-electron chi connectivity index (χ1n) is 0.565. The fourth-order valence-corrected chi connectivity index (χ4v) is 0. The predicted molar refractivity (Wildman–Crippen MR) is 8.78 cm³/mol. The van der Waals surface area contributed by atoms with E-state index in [2.05, 4.69) is 0 Å². The Morgan fingerprint density at radius 3 is 1.43 bits per heavy atom. The molecule has 0 spiro atoms. The normalized spacial score (nSPS) is 3.43. The van der Waals surface area contributed by atoms with Crippen molar-refractivity contribution in [3.05, 3.63) is 10.1 Å². The first kappa shape index (κ1) is 26.0. The van der Waals surface area contributed by atoms with E-state index in [4.69, 9.17) is 15.3 Å². The van der Waals surface area contributed by atoms with Crippen LogP contribution < -0.4 is 24.8 Å². The van der Waals surface area contributed by atoms with Crippen LogP contribution in [0.1, 0.15) is 0 Å². The molecule has 0 radical (unpaired) electrons. The maximum atomic E-state index is 8.36. The second-order valence-electron chi connectivity index (χ2n) is 0.238. The van der Waals surface area contributed by atoms with E-state index < -0.39 is 5.09 Å². The topological polar surface area (TPSA) is 63.4 Å². The van der Waals surface area contributed by atoms with Crippen LogP contribution in [0.3, 0.4) is 0 Å². The molecule has 1 N–H and O–H groups in total. The summed E-state index contributed by atoms with van der Waals surface area (Å²) < 4.78 is 0. The Kier molecular flexibility index (Phi) is 59.7. The fraction of sp³-hybridized carbons (Fsp3) is 0. The smallest absolute Gasteiger partial charge is 1.00 e. The van der Waals surface area contributed by atoms with Crippen molar-refractivity contribution in [3.63, 3.8) is 0 Å². The van der Waals surface area contributed by atoms with Gasteiger partial charge in [-0.2, -0.15) is 0 Å². The molecule has 0 aromatic heterocycles. The molecule has 0 bridgehead atoms. The average Bonchev–Trinajstić information content (AvgIpc) is 0.811. The van der Waals surface area contributed by atoms with Gasteiger partial charge in [0.05, 0.1) is 0 Å². The van der Waals surface area contributed by atoms with E-state index in [1.54, 1.807) is 0 Å². The van der Waals surface area contributed by atoms with Gasteiger partial charge in [0.1, 0.15) is 0 Å². The Hall–Kier alpha value is 0.468. The monoisotopic (exact) mass is 328 g/mol. The maximum Gasteiger partial charge on any atom is 2.00 e. The van der Waals surface area contributed by atoms with Crippen molar-refractivity contribution >= 4 is 0 Å². The molecule has 0 aliphatic carbocycles. The summed E-state index contributed by atoms with van der Waals surface area (Å²) in [6.45, 7) is 0. The van der Waals surface area contributed by atoms with Crippen LogP contribution in [0.2, 0.25) is 0 Å². The Morgan fingerprint density at radius 1 is 1.43 bits per heavy atom. The minimum absolute atomic E-state index is 0.